The summed E-state index contributed by atoms with van der Waals surface area (Å²) < 4.78 is 0. The normalized spacial score (nSPS) is 16.6. The highest BCUT2D eigenvalue weighted by molar-refractivity contribution is 6.03. The van der Waals surface area contributed by atoms with Crippen LogP contribution in [0.3, 0.4) is 0 Å². The quantitative estimate of drug-likeness (QED) is 0.632. The van der Waals surface area contributed by atoms with E-state index in [1.54, 1.807) is 0 Å². The molecule has 2 aliphatic rings. The van der Waals surface area contributed by atoms with E-state index in [1.807, 2.05) is 54.2 Å². The lowest BCUT2D eigenvalue weighted by molar-refractivity contribution is -0.892. The van der Waals surface area contributed by atoms with Gasteiger partial charge in [0.25, 0.3) is 0 Å². The van der Waals surface area contributed by atoms with E-state index in [9.17, 15) is 10.1 Å². The fraction of sp³-hybridized carbons (Fsp3) is 0.304. The lowest BCUT2D eigenvalue weighted by Crippen LogP contribution is -3.15. The summed E-state index contributed by atoms with van der Waals surface area (Å²) in [6.07, 6.45) is 0. The fourth-order valence-electron chi connectivity index (χ4n) is 4.27. The van der Waals surface area contributed by atoms with Crippen LogP contribution >= 0.6 is 0 Å². The van der Waals surface area contributed by atoms with Crippen LogP contribution in [0.1, 0.15) is 0 Å². The van der Waals surface area contributed by atoms with E-state index in [-0.39, 0.29) is 11.4 Å². The second-order valence-electron chi connectivity index (χ2n) is 7.59. The van der Waals surface area contributed by atoms with Gasteiger partial charge in [0.15, 0.2) is 0 Å². The van der Waals surface area contributed by atoms with Crippen LogP contribution in [-0.4, -0.2) is 52.6 Å². The Morgan fingerprint density at radius 3 is 2.07 bits per heavy atom. The number of fused-ring (bicyclic) bond motifs is 1. The molecule has 0 aliphatic carbocycles. The van der Waals surface area contributed by atoms with Gasteiger partial charge in [-0.15, -0.1) is 0 Å². The van der Waals surface area contributed by atoms with Gasteiger partial charge in [-0.2, -0.15) is 5.26 Å². The maximum Gasteiger partial charge on any atom is 0.231 e. The number of benzene rings is 2. The molecule has 0 saturated carbocycles. The average molecular weight is 388 g/mol. The first-order valence-corrected chi connectivity index (χ1v) is 9.97. The number of quaternary nitrogens is 1. The smallest absolute Gasteiger partial charge is 0.231 e. The van der Waals surface area contributed by atoms with Gasteiger partial charge < -0.3 is 19.6 Å². The van der Waals surface area contributed by atoms with Crippen LogP contribution in [0.25, 0.3) is 0 Å². The van der Waals surface area contributed by atoms with Crippen LogP contribution in [0.15, 0.2) is 66.0 Å². The van der Waals surface area contributed by atoms with Crippen LogP contribution < -0.4 is 19.6 Å². The molecule has 0 amide bonds. The molecule has 6 heteroatoms. The van der Waals surface area contributed by atoms with Crippen molar-refractivity contribution in [1.29, 1.82) is 5.26 Å². The molecule has 1 N–H and O–H groups in total. The van der Waals surface area contributed by atoms with Gasteiger partial charge in [-0.25, -0.2) is 0 Å². The number of nitrogens with one attached hydrogen (secondary N) is 1. The van der Waals surface area contributed by atoms with E-state index < -0.39 is 0 Å². The molecular weight excluding hydrogens is 362 g/mol. The fourth-order valence-corrected chi connectivity index (χ4v) is 4.27. The number of carbonyl (C=O) groups excluding carboxylic acids is 1. The third kappa shape index (κ3) is 3.57. The maximum absolute atomic E-state index is 13.1. The summed E-state index contributed by atoms with van der Waals surface area (Å²) in [4.78, 5) is 20.5. The lowest BCUT2D eigenvalue weighted by Gasteiger charge is -2.33. The second-order valence-corrected chi connectivity index (χ2v) is 7.59. The Hall–Kier alpha value is -3.30. The van der Waals surface area contributed by atoms with Gasteiger partial charge in [0.1, 0.15) is 24.0 Å². The highest BCUT2D eigenvalue weighted by atomic mass is 16.1. The van der Waals surface area contributed by atoms with Gasteiger partial charge in [-0.1, -0.05) is 30.3 Å². The zero-order valence-corrected chi connectivity index (χ0v) is 16.9. The number of carbonyl (C=O) groups is 1. The number of ketones is 1. The number of rotatable bonds is 4. The number of Topliss-reactive ketones (excluding diaryl/α,β-unsaturated/α-hetero) is 1. The first kappa shape index (κ1) is 19.0. The summed E-state index contributed by atoms with van der Waals surface area (Å²) >= 11 is 0. The molecular formula is C23H26N5O+. The van der Waals surface area contributed by atoms with E-state index in [1.165, 1.54) is 10.6 Å². The third-order valence-corrected chi connectivity index (χ3v) is 5.86. The molecule has 148 valence electrons. The molecule has 1 saturated heterocycles. The Balaban J connectivity index is 1.46. The van der Waals surface area contributed by atoms with Crippen molar-refractivity contribution < 1.29 is 9.69 Å². The first-order chi connectivity index (χ1) is 14.1. The Labute approximate surface area is 171 Å². The van der Waals surface area contributed by atoms with Gasteiger partial charge >= 0.3 is 0 Å². The van der Waals surface area contributed by atoms with Gasteiger partial charge in [-0.3, -0.25) is 4.79 Å². The summed E-state index contributed by atoms with van der Waals surface area (Å²) in [5.74, 6) is 0.582. The molecule has 0 aromatic heterocycles. The molecule has 6 nitrogen and oxygen atoms in total. The average Bonchev–Trinajstić information content (AvgIpc) is 3.01. The minimum Gasteiger partial charge on any atom is -0.360 e. The number of hydrogen-bond donors (Lipinski definition) is 1. The largest absolute Gasteiger partial charge is 0.360 e. The van der Waals surface area contributed by atoms with Crippen LogP contribution in [0.4, 0.5) is 17.1 Å². The number of nitrogens with zero attached hydrogens (tertiary/aromatic N) is 4. The topological polar surface area (TPSA) is 55.0 Å². The third-order valence-electron chi connectivity index (χ3n) is 5.86. The van der Waals surface area contributed by atoms with Gasteiger partial charge in [0, 0.05) is 19.8 Å². The van der Waals surface area contributed by atoms with Crippen LogP contribution in [0.5, 0.6) is 0 Å². The summed E-state index contributed by atoms with van der Waals surface area (Å²) in [7, 11) is 3.82. The van der Waals surface area contributed by atoms with Gasteiger partial charge in [-0.05, 0) is 24.3 Å². The minimum absolute atomic E-state index is 0.0860. The zero-order chi connectivity index (χ0) is 20.4. The van der Waals surface area contributed by atoms with Crippen LogP contribution in [0, 0.1) is 11.3 Å². The van der Waals surface area contributed by atoms with E-state index in [4.69, 9.17) is 0 Å². The molecule has 0 spiro atoms. The van der Waals surface area contributed by atoms with Crippen molar-refractivity contribution in [2.24, 2.45) is 0 Å². The van der Waals surface area contributed by atoms with Gasteiger partial charge in [0.05, 0.1) is 37.6 Å². The molecule has 0 radical (unpaired) electrons. The van der Waals surface area contributed by atoms with Crippen molar-refractivity contribution in [2.45, 2.75) is 0 Å². The lowest BCUT2D eigenvalue weighted by atomic mass is 10.1. The highest BCUT2D eigenvalue weighted by Gasteiger charge is 2.33. The second kappa shape index (κ2) is 7.98. The van der Waals surface area contributed by atoms with E-state index in [0.29, 0.717) is 12.4 Å². The zero-order valence-electron chi connectivity index (χ0n) is 16.9. The molecule has 2 aromatic rings. The van der Waals surface area contributed by atoms with E-state index in [0.717, 1.165) is 37.6 Å². The SMILES string of the molecule is CN1C(=C(C#N)C(=O)C[NH+]2CCN(c3ccccc3)CC2)N(C)c2ccccc21. The highest BCUT2D eigenvalue weighted by Crippen LogP contribution is 2.40. The van der Waals surface area contributed by atoms with Gasteiger partial charge in [0.2, 0.25) is 5.78 Å². The van der Waals surface area contributed by atoms with E-state index >= 15 is 0 Å². The number of para-hydroxylation sites is 3. The number of anilines is 3. The Morgan fingerprint density at radius 1 is 0.966 bits per heavy atom. The van der Waals surface area contributed by atoms with Crippen molar-refractivity contribution in [2.75, 3.05) is 61.5 Å². The predicted molar refractivity (Wildman–Crippen MR) is 115 cm³/mol. The Bertz CT molecular complexity index is 939. The van der Waals surface area contributed by atoms with Crippen molar-refractivity contribution in [1.82, 2.24) is 0 Å². The maximum atomic E-state index is 13.1. The molecule has 1 fully saturated rings. The molecule has 0 atom stereocenters. The molecule has 0 unspecified atom stereocenters. The molecule has 2 aromatic carbocycles. The summed E-state index contributed by atoms with van der Waals surface area (Å²) in [6, 6.07) is 20.5. The standard InChI is InChI=1S/C23H25N5O/c1-25-20-10-6-7-11-21(20)26(2)23(25)19(16-24)22(29)17-27-12-14-28(15-13-27)18-8-4-3-5-9-18/h3-11H,12-15,17H2,1-2H3/p+1. The van der Waals surface area contributed by atoms with Crippen LogP contribution in [0.2, 0.25) is 0 Å². The summed E-state index contributed by atoms with van der Waals surface area (Å²) in [5, 5.41) is 9.79. The number of piperazine rings is 1. The molecule has 2 heterocycles. The summed E-state index contributed by atoms with van der Waals surface area (Å²) in [6.45, 7) is 3.96. The molecule has 0 bridgehead atoms. The van der Waals surface area contributed by atoms with Crippen molar-refractivity contribution in [3.63, 3.8) is 0 Å². The molecule has 29 heavy (non-hydrogen) atoms. The van der Waals surface area contributed by atoms with Crippen LogP contribution in [-0.2, 0) is 4.79 Å². The molecule has 4 rings (SSSR count). The number of hydrogen-bond acceptors (Lipinski definition) is 5. The summed E-state index contributed by atoms with van der Waals surface area (Å²) in [5.41, 5.74) is 3.48. The van der Waals surface area contributed by atoms with E-state index in [2.05, 4.69) is 35.2 Å². The predicted octanol–water partition coefficient (Wildman–Crippen LogP) is 1.28. The first-order valence-electron chi connectivity index (χ1n) is 9.97. The Morgan fingerprint density at radius 2 is 1.52 bits per heavy atom. The number of nitriles is 1. The molecule has 2 aliphatic heterocycles. The monoisotopic (exact) mass is 388 g/mol. The minimum atomic E-state index is -0.0860. The van der Waals surface area contributed by atoms with Crippen molar-refractivity contribution >= 4 is 22.8 Å². The van der Waals surface area contributed by atoms with Crippen molar-refractivity contribution in [3.8, 4) is 6.07 Å². The van der Waals surface area contributed by atoms with Crippen molar-refractivity contribution in [3.05, 3.63) is 66.0 Å². The Kier molecular flexibility index (Phi) is 5.24.